The van der Waals surface area contributed by atoms with E-state index < -0.39 is 0 Å². The van der Waals surface area contributed by atoms with E-state index >= 15 is 0 Å². The molecule has 1 unspecified atom stereocenters. The smallest absolute Gasteiger partial charge is 0.191 e. The van der Waals surface area contributed by atoms with Crippen molar-refractivity contribution in [3.05, 3.63) is 41.2 Å². The van der Waals surface area contributed by atoms with Gasteiger partial charge in [0.1, 0.15) is 12.4 Å². The number of guanidine groups is 1. The Morgan fingerprint density at radius 1 is 1.46 bits per heavy atom. The molecule has 142 valence electrons. The van der Waals surface area contributed by atoms with E-state index in [1.165, 1.54) is 5.56 Å². The van der Waals surface area contributed by atoms with Gasteiger partial charge in [0, 0.05) is 32.8 Å². The SMILES string of the molecule is CN=C(NCc1ncccc1C)NC1CCc2nc(COC)nn2C1.I. The molecule has 0 aliphatic carbocycles. The van der Waals surface area contributed by atoms with Gasteiger partial charge in [0.25, 0.3) is 0 Å². The van der Waals surface area contributed by atoms with Gasteiger partial charge in [0.05, 0.1) is 18.8 Å². The quantitative estimate of drug-likeness (QED) is 0.390. The summed E-state index contributed by atoms with van der Waals surface area (Å²) < 4.78 is 7.07. The molecule has 2 aromatic rings. The van der Waals surface area contributed by atoms with Crippen LogP contribution in [0.1, 0.15) is 29.3 Å². The molecule has 1 atom stereocenters. The fraction of sp³-hybridized carbons (Fsp3) is 0.529. The number of fused-ring (bicyclic) bond motifs is 1. The molecular formula is C17H26IN7O. The molecule has 0 spiro atoms. The second kappa shape index (κ2) is 9.81. The van der Waals surface area contributed by atoms with E-state index in [4.69, 9.17) is 4.74 Å². The zero-order chi connectivity index (χ0) is 17.6. The Hall–Kier alpha value is -1.75. The summed E-state index contributed by atoms with van der Waals surface area (Å²) in [6.45, 7) is 3.93. The topological polar surface area (TPSA) is 89.2 Å². The van der Waals surface area contributed by atoms with Crippen molar-refractivity contribution in [3.8, 4) is 0 Å². The third-order valence-corrected chi connectivity index (χ3v) is 4.28. The standard InChI is InChI=1S/C17H25N7O.HI/c1-12-5-4-8-19-14(12)9-20-17(18-2)21-13-6-7-16-22-15(11-25-3)23-24(16)10-13;/h4-5,8,13H,6-7,9-11H2,1-3H3,(H2,18,20,21);1H. The first kappa shape index (κ1) is 20.6. The average Bonchev–Trinajstić information content (AvgIpc) is 3.01. The second-order valence-corrected chi connectivity index (χ2v) is 6.13. The Morgan fingerprint density at radius 2 is 2.31 bits per heavy atom. The van der Waals surface area contributed by atoms with Crippen molar-refractivity contribution >= 4 is 29.9 Å². The summed E-state index contributed by atoms with van der Waals surface area (Å²) in [6.07, 6.45) is 3.70. The zero-order valence-corrected chi connectivity index (χ0v) is 17.7. The van der Waals surface area contributed by atoms with E-state index in [2.05, 4.69) is 43.7 Å². The fourth-order valence-electron chi connectivity index (χ4n) is 2.93. The van der Waals surface area contributed by atoms with Crippen LogP contribution in [0.2, 0.25) is 0 Å². The first-order valence-electron chi connectivity index (χ1n) is 8.48. The molecule has 0 saturated carbocycles. The Bertz CT molecular complexity index is 746. The van der Waals surface area contributed by atoms with Gasteiger partial charge in [0.15, 0.2) is 11.8 Å². The summed E-state index contributed by atoms with van der Waals surface area (Å²) in [5.74, 6) is 2.54. The highest BCUT2D eigenvalue weighted by Crippen LogP contribution is 2.13. The predicted molar refractivity (Wildman–Crippen MR) is 111 cm³/mol. The predicted octanol–water partition coefficient (Wildman–Crippen LogP) is 1.43. The molecule has 3 heterocycles. The minimum absolute atomic E-state index is 0. The highest BCUT2D eigenvalue weighted by molar-refractivity contribution is 14.0. The number of aliphatic imine (C=N–C) groups is 1. The lowest BCUT2D eigenvalue weighted by Crippen LogP contribution is -2.46. The monoisotopic (exact) mass is 471 g/mol. The molecule has 8 nitrogen and oxygen atoms in total. The summed E-state index contributed by atoms with van der Waals surface area (Å²) in [6, 6.07) is 4.27. The molecule has 0 amide bonds. The molecule has 0 aromatic carbocycles. The number of halogens is 1. The van der Waals surface area contributed by atoms with Crippen LogP contribution >= 0.6 is 24.0 Å². The maximum atomic E-state index is 5.11. The number of hydrogen-bond acceptors (Lipinski definition) is 5. The number of rotatable bonds is 5. The van der Waals surface area contributed by atoms with E-state index in [1.54, 1.807) is 14.2 Å². The highest BCUT2D eigenvalue weighted by Gasteiger charge is 2.22. The molecule has 2 aromatic heterocycles. The average molecular weight is 471 g/mol. The van der Waals surface area contributed by atoms with Crippen molar-refractivity contribution in [1.82, 2.24) is 30.4 Å². The van der Waals surface area contributed by atoms with Crippen molar-refractivity contribution in [2.45, 2.75) is 45.5 Å². The number of methoxy groups -OCH3 is 1. The van der Waals surface area contributed by atoms with Gasteiger partial charge in [-0.15, -0.1) is 24.0 Å². The number of aromatic nitrogens is 4. The molecule has 0 radical (unpaired) electrons. The maximum Gasteiger partial charge on any atom is 0.191 e. The van der Waals surface area contributed by atoms with E-state index in [-0.39, 0.29) is 30.0 Å². The minimum Gasteiger partial charge on any atom is -0.377 e. The molecule has 0 saturated heterocycles. The van der Waals surface area contributed by atoms with Crippen LogP contribution in [0.4, 0.5) is 0 Å². The lowest BCUT2D eigenvalue weighted by Gasteiger charge is -2.25. The van der Waals surface area contributed by atoms with Gasteiger partial charge in [-0.2, -0.15) is 5.10 Å². The van der Waals surface area contributed by atoms with Gasteiger partial charge < -0.3 is 15.4 Å². The van der Waals surface area contributed by atoms with Gasteiger partial charge >= 0.3 is 0 Å². The maximum absolute atomic E-state index is 5.11. The molecule has 26 heavy (non-hydrogen) atoms. The fourth-order valence-corrected chi connectivity index (χ4v) is 2.93. The number of hydrogen-bond donors (Lipinski definition) is 2. The molecule has 1 aliphatic heterocycles. The summed E-state index contributed by atoms with van der Waals surface area (Å²) in [5.41, 5.74) is 2.19. The zero-order valence-electron chi connectivity index (χ0n) is 15.4. The van der Waals surface area contributed by atoms with Crippen LogP contribution in [-0.2, 0) is 30.9 Å². The molecule has 9 heteroatoms. The Morgan fingerprint density at radius 3 is 3.04 bits per heavy atom. The molecule has 0 fully saturated rings. The van der Waals surface area contributed by atoms with Gasteiger partial charge in [-0.25, -0.2) is 9.67 Å². The number of ether oxygens (including phenoxy) is 1. The van der Waals surface area contributed by atoms with Crippen LogP contribution in [0, 0.1) is 6.92 Å². The lowest BCUT2D eigenvalue weighted by atomic mass is 10.1. The van der Waals surface area contributed by atoms with Crippen LogP contribution < -0.4 is 10.6 Å². The number of aryl methyl sites for hydroxylation is 2. The van der Waals surface area contributed by atoms with E-state index in [0.717, 1.165) is 42.7 Å². The van der Waals surface area contributed by atoms with Crippen molar-refractivity contribution in [2.24, 2.45) is 4.99 Å². The van der Waals surface area contributed by atoms with Gasteiger partial charge in [-0.3, -0.25) is 9.98 Å². The summed E-state index contributed by atoms with van der Waals surface area (Å²) in [5, 5.41) is 11.3. The third-order valence-electron chi connectivity index (χ3n) is 4.28. The van der Waals surface area contributed by atoms with Crippen molar-refractivity contribution in [1.29, 1.82) is 0 Å². The van der Waals surface area contributed by atoms with Gasteiger partial charge in [0.2, 0.25) is 0 Å². The van der Waals surface area contributed by atoms with Crippen LogP contribution in [0.15, 0.2) is 23.3 Å². The Balaban J connectivity index is 0.00000243. The molecule has 1 aliphatic rings. The third kappa shape index (κ3) is 5.13. The summed E-state index contributed by atoms with van der Waals surface area (Å²) in [7, 11) is 3.43. The van der Waals surface area contributed by atoms with Crippen LogP contribution in [-0.4, -0.2) is 45.9 Å². The largest absolute Gasteiger partial charge is 0.377 e. The summed E-state index contributed by atoms with van der Waals surface area (Å²) in [4.78, 5) is 13.2. The van der Waals surface area contributed by atoms with Gasteiger partial charge in [-0.1, -0.05) is 6.07 Å². The molecular weight excluding hydrogens is 445 g/mol. The van der Waals surface area contributed by atoms with Crippen molar-refractivity contribution in [2.75, 3.05) is 14.2 Å². The van der Waals surface area contributed by atoms with E-state index in [1.807, 2.05) is 16.9 Å². The van der Waals surface area contributed by atoms with Crippen molar-refractivity contribution < 1.29 is 4.74 Å². The lowest BCUT2D eigenvalue weighted by molar-refractivity contribution is 0.177. The Kier molecular flexibility index (Phi) is 7.76. The van der Waals surface area contributed by atoms with E-state index in [9.17, 15) is 0 Å². The first-order chi connectivity index (χ1) is 12.2. The van der Waals surface area contributed by atoms with Crippen molar-refractivity contribution in [3.63, 3.8) is 0 Å². The summed E-state index contributed by atoms with van der Waals surface area (Å²) >= 11 is 0. The minimum atomic E-state index is 0. The normalized spacial score (nSPS) is 16.6. The Labute approximate surface area is 170 Å². The molecule has 0 bridgehead atoms. The van der Waals surface area contributed by atoms with Gasteiger partial charge in [-0.05, 0) is 25.0 Å². The first-order valence-corrected chi connectivity index (χ1v) is 8.48. The van der Waals surface area contributed by atoms with Crippen LogP contribution in [0.25, 0.3) is 0 Å². The van der Waals surface area contributed by atoms with E-state index in [0.29, 0.717) is 13.2 Å². The number of nitrogens with zero attached hydrogens (tertiary/aromatic N) is 5. The van der Waals surface area contributed by atoms with Crippen LogP contribution in [0.3, 0.4) is 0 Å². The number of pyridine rings is 1. The molecule has 3 rings (SSSR count). The second-order valence-electron chi connectivity index (χ2n) is 6.13. The van der Waals surface area contributed by atoms with Crippen LogP contribution in [0.5, 0.6) is 0 Å². The number of nitrogens with one attached hydrogen (secondary N) is 2. The highest BCUT2D eigenvalue weighted by atomic mass is 127. The molecule has 2 N–H and O–H groups in total.